The SMILES string of the molecule is C=CCN(CC(=O)c1c(N)n(CCC)c(=O)[nH]c1=O)C1CCCC1. The standard InChI is InChI=1S/C17H26N4O3/c1-3-9-20(12-7-5-6-8-12)11-13(22)14-15(18)21(10-4-2)17(24)19-16(14)23/h3,12H,1,4-11,18H2,2H3,(H,19,23,24). The maximum Gasteiger partial charge on any atom is 0.329 e. The maximum absolute atomic E-state index is 12.7. The van der Waals surface area contributed by atoms with Crippen molar-refractivity contribution in [2.24, 2.45) is 0 Å². The molecule has 24 heavy (non-hydrogen) atoms. The largest absolute Gasteiger partial charge is 0.384 e. The van der Waals surface area contributed by atoms with E-state index < -0.39 is 11.2 Å². The van der Waals surface area contributed by atoms with E-state index >= 15 is 0 Å². The van der Waals surface area contributed by atoms with Gasteiger partial charge in [0, 0.05) is 19.1 Å². The number of nitrogen functional groups attached to an aromatic ring is 1. The van der Waals surface area contributed by atoms with Gasteiger partial charge in [-0.1, -0.05) is 25.8 Å². The predicted molar refractivity (Wildman–Crippen MR) is 94.4 cm³/mol. The van der Waals surface area contributed by atoms with Crippen molar-refractivity contribution in [2.75, 3.05) is 18.8 Å². The van der Waals surface area contributed by atoms with Gasteiger partial charge in [0.05, 0.1) is 6.54 Å². The molecule has 132 valence electrons. The number of carbonyl (C=O) groups excluding carboxylic acids is 1. The number of carbonyl (C=O) groups is 1. The van der Waals surface area contributed by atoms with Gasteiger partial charge in [-0.05, 0) is 19.3 Å². The molecule has 0 amide bonds. The van der Waals surface area contributed by atoms with Gasteiger partial charge in [-0.2, -0.15) is 0 Å². The highest BCUT2D eigenvalue weighted by Gasteiger charge is 2.26. The zero-order valence-corrected chi connectivity index (χ0v) is 14.2. The summed E-state index contributed by atoms with van der Waals surface area (Å²) >= 11 is 0. The minimum atomic E-state index is -0.708. The lowest BCUT2D eigenvalue weighted by atomic mass is 10.1. The monoisotopic (exact) mass is 334 g/mol. The van der Waals surface area contributed by atoms with Crippen LogP contribution in [0.1, 0.15) is 49.4 Å². The van der Waals surface area contributed by atoms with Crippen molar-refractivity contribution in [3.8, 4) is 0 Å². The molecule has 1 aliphatic carbocycles. The lowest BCUT2D eigenvalue weighted by Crippen LogP contribution is -2.41. The van der Waals surface area contributed by atoms with Crippen LogP contribution in [0.15, 0.2) is 22.2 Å². The number of rotatable bonds is 8. The molecule has 0 unspecified atom stereocenters. The topological polar surface area (TPSA) is 101 Å². The molecule has 1 aromatic rings. The van der Waals surface area contributed by atoms with E-state index in [2.05, 4.69) is 11.6 Å². The summed E-state index contributed by atoms with van der Waals surface area (Å²) in [5.74, 6) is -0.395. The molecule has 7 nitrogen and oxygen atoms in total. The fourth-order valence-electron chi connectivity index (χ4n) is 3.34. The minimum Gasteiger partial charge on any atom is -0.384 e. The van der Waals surface area contributed by atoms with Gasteiger partial charge < -0.3 is 5.73 Å². The third kappa shape index (κ3) is 3.84. The number of aromatic nitrogens is 2. The molecule has 1 saturated carbocycles. The summed E-state index contributed by atoms with van der Waals surface area (Å²) in [6, 6.07) is 0.328. The number of aromatic amines is 1. The van der Waals surface area contributed by atoms with E-state index in [1.165, 1.54) is 4.57 Å². The van der Waals surface area contributed by atoms with Gasteiger partial charge in [0.25, 0.3) is 5.56 Å². The Labute approximate surface area is 141 Å². The first-order valence-electron chi connectivity index (χ1n) is 8.50. The summed E-state index contributed by atoms with van der Waals surface area (Å²) in [7, 11) is 0. The van der Waals surface area contributed by atoms with E-state index in [-0.39, 0.29) is 23.7 Å². The number of anilines is 1. The second-order valence-corrected chi connectivity index (χ2v) is 6.25. The lowest BCUT2D eigenvalue weighted by Gasteiger charge is -2.26. The number of hydrogen-bond acceptors (Lipinski definition) is 5. The summed E-state index contributed by atoms with van der Waals surface area (Å²) in [4.78, 5) is 40.9. The van der Waals surface area contributed by atoms with Gasteiger partial charge >= 0.3 is 5.69 Å². The van der Waals surface area contributed by atoms with Crippen molar-refractivity contribution in [2.45, 2.75) is 51.6 Å². The quantitative estimate of drug-likeness (QED) is 0.548. The van der Waals surface area contributed by atoms with E-state index in [1.54, 1.807) is 6.08 Å². The zero-order chi connectivity index (χ0) is 17.7. The number of hydrogen-bond donors (Lipinski definition) is 2. The molecule has 1 aliphatic rings. The normalized spacial score (nSPS) is 15.1. The lowest BCUT2D eigenvalue weighted by molar-refractivity contribution is 0.0905. The van der Waals surface area contributed by atoms with Crippen molar-refractivity contribution >= 4 is 11.6 Å². The molecular formula is C17H26N4O3. The molecule has 0 radical (unpaired) electrons. The van der Waals surface area contributed by atoms with E-state index in [9.17, 15) is 14.4 Å². The molecule has 1 heterocycles. The third-order valence-corrected chi connectivity index (χ3v) is 4.52. The van der Waals surface area contributed by atoms with Crippen molar-refractivity contribution in [1.82, 2.24) is 14.5 Å². The fourth-order valence-corrected chi connectivity index (χ4v) is 3.34. The van der Waals surface area contributed by atoms with E-state index in [1.807, 2.05) is 11.8 Å². The number of Topliss-reactive ketones (excluding diaryl/α,β-unsaturated/α-hetero) is 1. The predicted octanol–water partition coefficient (Wildman–Crippen LogP) is 1.14. The Balaban J connectivity index is 2.31. The molecule has 2 rings (SSSR count). The van der Waals surface area contributed by atoms with E-state index in [4.69, 9.17) is 5.73 Å². The molecule has 0 aromatic carbocycles. The van der Waals surface area contributed by atoms with Crippen molar-refractivity contribution < 1.29 is 4.79 Å². The van der Waals surface area contributed by atoms with E-state index in [0.717, 1.165) is 25.7 Å². The highest BCUT2D eigenvalue weighted by molar-refractivity contribution is 6.01. The molecule has 0 spiro atoms. The van der Waals surface area contributed by atoms with Crippen LogP contribution in [-0.4, -0.2) is 39.4 Å². The molecule has 0 bridgehead atoms. The number of ketones is 1. The molecule has 7 heteroatoms. The molecule has 3 N–H and O–H groups in total. The van der Waals surface area contributed by atoms with Crippen molar-refractivity contribution in [3.05, 3.63) is 39.1 Å². The van der Waals surface area contributed by atoms with Crippen LogP contribution in [0.3, 0.4) is 0 Å². The van der Waals surface area contributed by atoms with Crippen molar-refractivity contribution in [3.63, 3.8) is 0 Å². The Morgan fingerprint density at radius 3 is 2.67 bits per heavy atom. The Bertz CT molecular complexity index is 714. The van der Waals surface area contributed by atoms with Gasteiger partial charge in [0.2, 0.25) is 0 Å². The summed E-state index contributed by atoms with van der Waals surface area (Å²) < 4.78 is 1.25. The van der Waals surface area contributed by atoms with Gasteiger partial charge in [-0.25, -0.2) is 4.79 Å². The summed E-state index contributed by atoms with van der Waals surface area (Å²) in [6.07, 6.45) is 6.82. The van der Waals surface area contributed by atoms with Gasteiger partial charge in [0.1, 0.15) is 11.4 Å². The molecule has 0 aliphatic heterocycles. The third-order valence-electron chi connectivity index (χ3n) is 4.52. The average Bonchev–Trinajstić information content (AvgIpc) is 3.05. The van der Waals surface area contributed by atoms with Crippen molar-refractivity contribution in [1.29, 1.82) is 0 Å². The van der Waals surface area contributed by atoms with Crippen LogP contribution in [0.2, 0.25) is 0 Å². The zero-order valence-electron chi connectivity index (χ0n) is 14.2. The Morgan fingerprint density at radius 1 is 1.42 bits per heavy atom. The first-order valence-corrected chi connectivity index (χ1v) is 8.50. The van der Waals surface area contributed by atoms with E-state index in [0.29, 0.717) is 25.6 Å². The molecule has 1 fully saturated rings. The second kappa shape index (κ2) is 8.10. The smallest absolute Gasteiger partial charge is 0.329 e. The number of nitrogens with two attached hydrogens (primary N) is 1. The van der Waals surface area contributed by atoms with Crippen LogP contribution in [0.5, 0.6) is 0 Å². The Kier molecular flexibility index (Phi) is 6.14. The van der Waals surface area contributed by atoms with Gasteiger partial charge in [0.15, 0.2) is 5.78 Å². The maximum atomic E-state index is 12.7. The highest BCUT2D eigenvalue weighted by atomic mass is 16.2. The summed E-state index contributed by atoms with van der Waals surface area (Å²) in [6.45, 7) is 6.69. The number of nitrogens with one attached hydrogen (secondary N) is 1. The molecule has 0 atom stereocenters. The first kappa shape index (κ1) is 18.2. The van der Waals surface area contributed by atoms with Crippen LogP contribution in [0, 0.1) is 0 Å². The Morgan fingerprint density at radius 2 is 2.08 bits per heavy atom. The minimum absolute atomic E-state index is 0.0411. The van der Waals surface area contributed by atoms with Crippen LogP contribution < -0.4 is 17.0 Å². The highest BCUT2D eigenvalue weighted by Crippen LogP contribution is 2.23. The van der Waals surface area contributed by atoms with Gasteiger partial charge in [-0.15, -0.1) is 6.58 Å². The number of nitrogens with zero attached hydrogens (tertiary/aromatic N) is 2. The summed E-state index contributed by atoms with van der Waals surface area (Å²) in [5, 5.41) is 0. The van der Waals surface area contributed by atoms with Crippen LogP contribution in [0.4, 0.5) is 5.82 Å². The fraction of sp³-hybridized carbons (Fsp3) is 0.588. The molecule has 0 saturated heterocycles. The van der Waals surface area contributed by atoms with Gasteiger partial charge in [-0.3, -0.25) is 24.0 Å². The van der Waals surface area contributed by atoms with Crippen LogP contribution in [-0.2, 0) is 6.54 Å². The van der Waals surface area contributed by atoms with Crippen LogP contribution >= 0.6 is 0 Å². The molecule has 1 aromatic heterocycles. The van der Waals surface area contributed by atoms with Crippen LogP contribution in [0.25, 0.3) is 0 Å². The average molecular weight is 334 g/mol. The molecular weight excluding hydrogens is 308 g/mol. The first-order chi connectivity index (χ1) is 11.5. The Hall–Kier alpha value is -2.15. The number of H-pyrrole nitrogens is 1. The second-order valence-electron chi connectivity index (χ2n) is 6.25. The summed E-state index contributed by atoms with van der Waals surface area (Å²) in [5.41, 5.74) is 4.56.